The van der Waals surface area contributed by atoms with Crippen LogP contribution in [0.25, 0.3) is 0 Å². The molecule has 68 valence electrons. The molecule has 12 heavy (non-hydrogen) atoms. The third-order valence-corrected chi connectivity index (χ3v) is 1.69. The Labute approximate surface area is 71.9 Å². The van der Waals surface area contributed by atoms with Crippen molar-refractivity contribution in [1.29, 1.82) is 0 Å². The Balaban J connectivity index is 2.04. The number of nitrogens with zero attached hydrogens (tertiary/aromatic N) is 4. The largest absolute Gasteiger partial charge is 0.328 e. The molecule has 0 aliphatic carbocycles. The molecule has 0 spiro atoms. The average molecular weight is 169 g/mol. The Hall–Kier alpha value is -0.970. The fourth-order valence-corrected chi connectivity index (χ4v) is 1.02. The van der Waals surface area contributed by atoms with E-state index in [0.717, 1.165) is 25.8 Å². The SMILES string of the molecule is C[C@@H](N)CCCCn1cnnn1. The van der Waals surface area contributed by atoms with E-state index >= 15 is 0 Å². The summed E-state index contributed by atoms with van der Waals surface area (Å²) < 4.78 is 1.74. The highest BCUT2D eigenvalue weighted by Gasteiger charge is 1.95. The maximum Gasteiger partial charge on any atom is 0.138 e. The first kappa shape index (κ1) is 9.12. The molecule has 0 aliphatic heterocycles. The Kier molecular flexibility index (Phi) is 3.66. The summed E-state index contributed by atoms with van der Waals surface area (Å²) in [5.41, 5.74) is 5.60. The average Bonchev–Trinajstić information content (AvgIpc) is 2.49. The van der Waals surface area contributed by atoms with E-state index in [-0.39, 0.29) is 0 Å². The summed E-state index contributed by atoms with van der Waals surface area (Å²) in [5, 5.41) is 10.8. The normalized spacial score (nSPS) is 13.2. The van der Waals surface area contributed by atoms with Crippen LogP contribution in [-0.2, 0) is 6.54 Å². The van der Waals surface area contributed by atoms with Crippen molar-refractivity contribution < 1.29 is 0 Å². The first-order valence-corrected chi connectivity index (χ1v) is 4.25. The van der Waals surface area contributed by atoms with E-state index < -0.39 is 0 Å². The molecular formula is C7H15N5. The maximum atomic E-state index is 5.60. The predicted octanol–water partition coefficient (Wildman–Crippen LogP) is 0.191. The molecule has 5 heteroatoms. The highest BCUT2D eigenvalue weighted by Crippen LogP contribution is 1.99. The zero-order valence-corrected chi connectivity index (χ0v) is 7.35. The van der Waals surface area contributed by atoms with Gasteiger partial charge in [0.25, 0.3) is 0 Å². The summed E-state index contributed by atoms with van der Waals surface area (Å²) in [6, 6.07) is 0.305. The highest BCUT2D eigenvalue weighted by molar-refractivity contribution is 4.54. The third-order valence-electron chi connectivity index (χ3n) is 1.69. The molecule has 1 aromatic heterocycles. The molecule has 1 rings (SSSR count). The van der Waals surface area contributed by atoms with Crippen molar-refractivity contribution in [2.24, 2.45) is 5.73 Å². The molecule has 5 nitrogen and oxygen atoms in total. The first-order chi connectivity index (χ1) is 5.79. The van der Waals surface area contributed by atoms with Crippen molar-refractivity contribution in [2.45, 2.75) is 38.8 Å². The van der Waals surface area contributed by atoms with E-state index in [1.165, 1.54) is 0 Å². The van der Waals surface area contributed by atoms with Gasteiger partial charge in [-0.1, -0.05) is 6.42 Å². The van der Waals surface area contributed by atoms with Gasteiger partial charge in [-0.05, 0) is 30.2 Å². The molecule has 0 amide bonds. The molecular weight excluding hydrogens is 154 g/mol. The van der Waals surface area contributed by atoms with Gasteiger partial charge in [-0.2, -0.15) is 0 Å². The van der Waals surface area contributed by atoms with Crippen LogP contribution < -0.4 is 5.73 Å². The van der Waals surface area contributed by atoms with Crippen LogP contribution in [-0.4, -0.2) is 26.2 Å². The van der Waals surface area contributed by atoms with Gasteiger partial charge in [-0.3, -0.25) is 0 Å². The van der Waals surface area contributed by atoms with Crippen LogP contribution >= 0.6 is 0 Å². The van der Waals surface area contributed by atoms with Crippen LogP contribution in [0.1, 0.15) is 26.2 Å². The number of tetrazole rings is 1. The molecule has 0 fully saturated rings. The van der Waals surface area contributed by atoms with Gasteiger partial charge in [0.1, 0.15) is 6.33 Å². The standard InChI is InChI=1S/C7H15N5/c1-7(8)4-2-3-5-12-6-9-10-11-12/h6-7H,2-5,8H2,1H3/t7-/m1/s1. The van der Waals surface area contributed by atoms with Crippen LogP contribution in [0, 0.1) is 0 Å². The lowest BCUT2D eigenvalue weighted by molar-refractivity contribution is 0.510. The zero-order valence-electron chi connectivity index (χ0n) is 7.35. The molecule has 1 heterocycles. The van der Waals surface area contributed by atoms with Gasteiger partial charge in [0.05, 0.1) is 0 Å². The minimum atomic E-state index is 0.305. The summed E-state index contributed by atoms with van der Waals surface area (Å²) in [7, 11) is 0. The number of aryl methyl sites for hydroxylation is 1. The number of aromatic nitrogens is 4. The Morgan fingerprint density at radius 1 is 1.50 bits per heavy atom. The number of hydrogen-bond acceptors (Lipinski definition) is 4. The van der Waals surface area contributed by atoms with Crippen molar-refractivity contribution in [1.82, 2.24) is 20.2 Å². The highest BCUT2D eigenvalue weighted by atomic mass is 15.5. The molecule has 0 radical (unpaired) electrons. The van der Waals surface area contributed by atoms with Gasteiger partial charge in [-0.25, -0.2) is 4.68 Å². The van der Waals surface area contributed by atoms with E-state index in [4.69, 9.17) is 5.73 Å². The summed E-state index contributed by atoms with van der Waals surface area (Å²) in [5.74, 6) is 0. The quantitative estimate of drug-likeness (QED) is 0.639. The van der Waals surface area contributed by atoms with Crippen LogP contribution in [0.5, 0.6) is 0 Å². The lowest BCUT2D eigenvalue weighted by Gasteiger charge is -2.03. The van der Waals surface area contributed by atoms with Crippen molar-refractivity contribution in [3.63, 3.8) is 0 Å². The summed E-state index contributed by atoms with van der Waals surface area (Å²) in [4.78, 5) is 0. The number of unbranched alkanes of at least 4 members (excludes halogenated alkanes) is 1. The van der Waals surface area contributed by atoms with Gasteiger partial charge < -0.3 is 5.73 Å². The van der Waals surface area contributed by atoms with E-state index in [1.54, 1.807) is 11.0 Å². The third kappa shape index (κ3) is 3.43. The Morgan fingerprint density at radius 2 is 2.33 bits per heavy atom. The minimum absolute atomic E-state index is 0.305. The topological polar surface area (TPSA) is 69.6 Å². The molecule has 0 bridgehead atoms. The molecule has 1 aromatic rings. The summed E-state index contributed by atoms with van der Waals surface area (Å²) in [6.45, 7) is 2.91. The van der Waals surface area contributed by atoms with Gasteiger partial charge in [0.2, 0.25) is 0 Å². The molecule has 2 N–H and O–H groups in total. The number of rotatable bonds is 5. The second kappa shape index (κ2) is 4.82. The second-order valence-electron chi connectivity index (χ2n) is 3.05. The van der Waals surface area contributed by atoms with Gasteiger partial charge in [0, 0.05) is 12.6 Å². The fraction of sp³-hybridized carbons (Fsp3) is 0.857. The Bertz CT molecular complexity index is 194. The van der Waals surface area contributed by atoms with Gasteiger partial charge >= 0.3 is 0 Å². The molecule has 0 saturated heterocycles. The van der Waals surface area contributed by atoms with E-state index in [9.17, 15) is 0 Å². The number of nitrogens with two attached hydrogens (primary N) is 1. The Morgan fingerprint density at radius 3 is 2.92 bits per heavy atom. The van der Waals surface area contributed by atoms with Crippen molar-refractivity contribution in [3.05, 3.63) is 6.33 Å². The van der Waals surface area contributed by atoms with Crippen molar-refractivity contribution >= 4 is 0 Å². The monoisotopic (exact) mass is 169 g/mol. The van der Waals surface area contributed by atoms with Crippen molar-refractivity contribution in [2.75, 3.05) is 0 Å². The van der Waals surface area contributed by atoms with Gasteiger partial charge in [-0.15, -0.1) is 5.10 Å². The first-order valence-electron chi connectivity index (χ1n) is 4.25. The lowest BCUT2D eigenvalue weighted by Crippen LogP contribution is -2.14. The molecule has 0 saturated carbocycles. The number of hydrogen-bond donors (Lipinski definition) is 1. The van der Waals surface area contributed by atoms with Crippen molar-refractivity contribution in [3.8, 4) is 0 Å². The van der Waals surface area contributed by atoms with Crippen LogP contribution in [0.3, 0.4) is 0 Å². The smallest absolute Gasteiger partial charge is 0.138 e. The molecule has 0 aliphatic rings. The fourth-order valence-electron chi connectivity index (χ4n) is 1.02. The summed E-state index contributed by atoms with van der Waals surface area (Å²) >= 11 is 0. The zero-order chi connectivity index (χ0) is 8.81. The maximum absolute atomic E-state index is 5.60. The second-order valence-corrected chi connectivity index (χ2v) is 3.05. The molecule has 0 aromatic carbocycles. The van der Waals surface area contributed by atoms with E-state index in [0.29, 0.717) is 6.04 Å². The molecule has 0 unspecified atom stereocenters. The van der Waals surface area contributed by atoms with E-state index in [1.807, 2.05) is 6.92 Å². The van der Waals surface area contributed by atoms with Crippen LogP contribution in [0.4, 0.5) is 0 Å². The van der Waals surface area contributed by atoms with Crippen LogP contribution in [0.2, 0.25) is 0 Å². The predicted molar refractivity (Wildman–Crippen MR) is 45.3 cm³/mol. The lowest BCUT2D eigenvalue weighted by atomic mass is 10.1. The van der Waals surface area contributed by atoms with Crippen LogP contribution in [0.15, 0.2) is 6.33 Å². The minimum Gasteiger partial charge on any atom is -0.328 e. The van der Waals surface area contributed by atoms with E-state index in [2.05, 4.69) is 15.5 Å². The molecule has 1 atom stereocenters. The van der Waals surface area contributed by atoms with Gasteiger partial charge in [0.15, 0.2) is 0 Å². The summed E-state index contributed by atoms with van der Waals surface area (Å²) in [6.07, 6.45) is 4.93.